The number of thiocarbonyl (C=S) groups is 1. The van der Waals surface area contributed by atoms with E-state index >= 15 is 0 Å². The van der Waals surface area contributed by atoms with Gasteiger partial charge in [0.15, 0.2) is 0 Å². The molecular weight excluding hydrogens is 275 g/mol. The third kappa shape index (κ3) is 3.39. The molecule has 0 spiro atoms. The van der Waals surface area contributed by atoms with E-state index < -0.39 is 5.82 Å². The Labute approximate surface area is 121 Å². The molecule has 20 heavy (non-hydrogen) atoms. The van der Waals surface area contributed by atoms with E-state index in [4.69, 9.17) is 18.0 Å². The maximum atomic E-state index is 13.7. The fourth-order valence-electron chi connectivity index (χ4n) is 1.85. The number of halogens is 1. The first-order chi connectivity index (χ1) is 9.58. The lowest BCUT2D eigenvalue weighted by Crippen LogP contribution is -2.20. The number of nitrogens with two attached hydrogens (primary N) is 1. The second kappa shape index (κ2) is 6.25. The summed E-state index contributed by atoms with van der Waals surface area (Å²) < 4.78 is 13.7. The fourth-order valence-corrected chi connectivity index (χ4v) is 2.06. The highest BCUT2D eigenvalue weighted by Gasteiger charge is 2.13. The summed E-state index contributed by atoms with van der Waals surface area (Å²) in [7, 11) is 0. The lowest BCUT2D eigenvalue weighted by Gasteiger charge is -2.11. The molecule has 2 rings (SSSR count). The topological polar surface area (TPSA) is 55.1 Å². The molecule has 1 amide bonds. The Balaban J connectivity index is 2.16. The van der Waals surface area contributed by atoms with E-state index in [1.165, 1.54) is 12.1 Å². The highest BCUT2D eigenvalue weighted by atomic mass is 32.1. The van der Waals surface area contributed by atoms with Crippen LogP contribution in [-0.2, 0) is 11.2 Å². The van der Waals surface area contributed by atoms with Gasteiger partial charge in [0, 0.05) is 0 Å². The van der Waals surface area contributed by atoms with Gasteiger partial charge in [0.25, 0.3) is 0 Å². The summed E-state index contributed by atoms with van der Waals surface area (Å²) in [6, 6.07) is 13.6. The van der Waals surface area contributed by atoms with Gasteiger partial charge in [0.05, 0.1) is 17.7 Å². The third-order valence-corrected chi connectivity index (χ3v) is 2.95. The number of amides is 1. The van der Waals surface area contributed by atoms with Gasteiger partial charge in [-0.25, -0.2) is 4.39 Å². The van der Waals surface area contributed by atoms with Gasteiger partial charge >= 0.3 is 0 Å². The minimum absolute atomic E-state index is 0.0592. The lowest BCUT2D eigenvalue weighted by molar-refractivity contribution is -0.115. The van der Waals surface area contributed by atoms with E-state index in [0.717, 1.165) is 5.56 Å². The van der Waals surface area contributed by atoms with Crippen molar-refractivity contribution < 1.29 is 9.18 Å². The Morgan fingerprint density at radius 2 is 1.85 bits per heavy atom. The summed E-state index contributed by atoms with van der Waals surface area (Å²) in [6.07, 6.45) is 0.203. The first kappa shape index (κ1) is 14.1. The number of nitrogens with one attached hydrogen (secondary N) is 1. The number of carbonyl (C=O) groups excluding carboxylic acids is 1. The predicted octanol–water partition coefficient (Wildman–Crippen LogP) is 2.64. The van der Waals surface area contributed by atoms with E-state index in [0.29, 0.717) is 5.69 Å². The molecule has 0 aliphatic heterocycles. The Bertz CT molecular complexity index is 644. The Kier molecular flexibility index (Phi) is 4.42. The second-order valence-corrected chi connectivity index (χ2v) is 4.68. The van der Waals surface area contributed by atoms with Gasteiger partial charge in [0.2, 0.25) is 5.91 Å². The van der Waals surface area contributed by atoms with E-state index in [1.54, 1.807) is 6.07 Å². The number of anilines is 1. The van der Waals surface area contributed by atoms with Gasteiger partial charge in [-0.1, -0.05) is 48.6 Å². The number of hydrogen-bond donors (Lipinski definition) is 2. The smallest absolute Gasteiger partial charge is 0.228 e. The number of rotatable bonds is 4. The average molecular weight is 288 g/mol. The summed E-state index contributed by atoms with van der Waals surface area (Å²) in [4.78, 5) is 11.9. The van der Waals surface area contributed by atoms with Crippen LogP contribution in [0.5, 0.6) is 0 Å². The van der Waals surface area contributed by atoms with Crippen LogP contribution in [0.1, 0.15) is 11.1 Å². The van der Waals surface area contributed by atoms with Gasteiger partial charge in [-0.3, -0.25) is 4.79 Å². The largest absolute Gasteiger partial charge is 0.389 e. The van der Waals surface area contributed by atoms with E-state index in [9.17, 15) is 9.18 Å². The molecule has 0 fully saturated rings. The lowest BCUT2D eigenvalue weighted by atomic mass is 10.1. The van der Waals surface area contributed by atoms with Gasteiger partial charge < -0.3 is 11.1 Å². The summed E-state index contributed by atoms with van der Waals surface area (Å²) >= 11 is 4.81. The Morgan fingerprint density at radius 1 is 1.15 bits per heavy atom. The van der Waals surface area contributed by atoms with Crippen LogP contribution in [0.4, 0.5) is 10.1 Å². The minimum atomic E-state index is -0.546. The van der Waals surface area contributed by atoms with Crippen LogP contribution in [-0.4, -0.2) is 10.9 Å². The molecule has 2 aromatic carbocycles. The van der Waals surface area contributed by atoms with Crippen LogP contribution in [0.3, 0.4) is 0 Å². The molecular formula is C15H13FN2OS. The summed E-state index contributed by atoms with van der Waals surface area (Å²) in [6.45, 7) is 0. The average Bonchev–Trinajstić information content (AvgIpc) is 2.39. The molecule has 0 unspecified atom stereocenters. The van der Waals surface area contributed by atoms with Crippen molar-refractivity contribution in [2.24, 2.45) is 5.73 Å². The fraction of sp³-hybridized carbons (Fsp3) is 0.0667. The Morgan fingerprint density at radius 3 is 2.50 bits per heavy atom. The molecule has 0 aromatic heterocycles. The van der Waals surface area contributed by atoms with Crippen LogP contribution in [0.2, 0.25) is 0 Å². The molecule has 0 aliphatic rings. The minimum Gasteiger partial charge on any atom is -0.389 e. The molecule has 0 heterocycles. The molecule has 5 heteroatoms. The monoisotopic (exact) mass is 288 g/mol. The first-order valence-electron chi connectivity index (χ1n) is 6.00. The maximum Gasteiger partial charge on any atom is 0.228 e. The third-order valence-electron chi connectivity index (χ3n) is 2.74. The van der Waals surface area contributed by atoms with Gasteiger partial charge in [0.1, 0.15) is 10.8 Å². The zero-order chi connectivity index (χ0) is 14.5. The molecule has 102 valence electrons. The van der Waals surface area contributed by atoms with Crippen LogP contribution in [0.15, 0.2) is 48.5 Å². The zero-order valence-electron chi connectivity index (χ0n) is 10.6. The van der Waals surface area contributed by atoms with Crippen molar-refractivity contribution >= 4 is 28.8 Å². The van der Waals surface area contributed by atoms with E-state index in [2.05, 4.69) is 5.32 Å². The van der Waals surface area contributed by atoms with E-state index in [-0.39, 0.29) is 22.9 Å². The Hall–Kier alpha value is -2.27. The SMILES string of the molecule is NC(=S)c1c(F)cccc1NC(=O)Cc1ccccc1. The van der Waals surface area contributed by atoms with Crippen molar-refractivity contribution in [2.45, 2.75) is 6.42 Å². The summed E-state index contributed by atoms with van der Waals surface area (Å²) in [5.41, 5.74) is 6.71. The molecule has 3 nitrogen and oxygen atoms in total. The number of carbonyl (C=O) groups is 1. The molecule has 0 atom stereocenters. The predicted molar refractivity (Wildman–Crippen MR) is 81.1 cm³/mol. The van der Waals surface area contributed by atoms with Crippen LogP contribution in [0, 0.1) is 5.82 Å². The molecule has 0 saturated carbocycles. The molecule has 0 radical (unpaired) electrons. The highest BCUT2D eigenvalue weighted by molar-refractivity contribution is 7.80. The summed E-state index contributed by atoms with van der Waals surface area (Å²) in [5.74, 6) is -0.797. The summed E-state index contributed by atoms with van der Waals surface area (Å²) in [5, 5.41) is 2.63. The van der Waals surface area contributed by atoms with Crippen molar-refractivity contribution in [1.29, 1.82) is 0 Å². The van der Waals surface area contributed by atoms with Crippen molar-refractivity contribution in [3.8, 4) is 0 Å². The van der Waals surface area contributed by atoms with Gasteiger partial charge in [-0.2, -0.15) is 0 Å². The van der Waals surface area contributed by atoms with Crippen LogP contribution < -0.4 is 11.1 Å². The van der Waals surface area contributed by atoms with Crippen molar-refractivity contribution in [3.63, 3.8) is 0 Å². The molecule has 0 aliphatic carbocycles. The molecule has 2 aromatic rings. The van der Waals surface area contributed by atoms with E-state index in [1.807, 2.05) is 30.3 Å². The van der Waals surface area contributed by atoms with Gasteiger partial charge in [-0.15, -0.1) is 0 Å². The van der Waals surface area contributed by atoms with Crippen LogP contribution >= 0.6 is 12.2 Å². The van der Waals surface area contributed by atoms with Crippen LogP contribution in [0.25, 0.3) is 0 Å². The quantitative estimate of drug-likeness (QED) is 0.850. The number of hydrogen-bond acceptors (Lipinski definition) is 2. The standard InChI is InChI=1S/C15H13FN2OS/c16-11-7-4-8-12(14(11)15(17)20)18-13(19)9-10-5-2-1-3-6-10/h1-8H,9H2,(H2,17,20)(H,18,19). The normalized spacial score (nSPS) is 10.1. The second-order valence-electron chi connectivity index (χ2n) is 4.24. The molecule has 0 bridgehead atoms. The first-order valence-corrected chi connectivity index (χ1v) is 6.41. The maximum absolute atomic E-state index is 13.7. The van der Waals surface area contributed by atoms with Gasteiger partial charge in [-0.05, 0) is 17.7 Å². The zero-order valence-corrected chi connectivity index (χ0v) is 11.4. The van der Waals surface area contributed by atoms with Crippen molar-refractivity contribution in [2.75, 3.05) is 5.32 Å². The number of benzene rings is 2. The molecule has 3 N–H and O–H groups in total. The van der Waals surface area contributed by atoms with Crippen molar-refractivity contribution in [3.05, 3.63) is 65.5 Å². The highest BCUT2D eigenvalue weighted by Crippen LogP contribution is 2.19. The molecule has 0 saturated heterocycles. The van der Waals surface area contributed by atoms with Crippen molar-refractivity contribution in [1.82, 2.24) is 0 Å².